The SMILES string of the molecule is CN(C)c1ccc(N=Nc2cc3c4ccccc4ccc3c3ccccc23)cc1. The predicted molar refractivity (Wildman–Crippen MR) is 124 cm³/mol. The Balaban J connectivity index is 1.70. The van der Waals surface area contributed by atoms with Gasteiger partial charge in [-0.15, -0.1) is 5.11 Å². The van der Waals surface area contributed by atoms with Crippen LogP contribution < -0.4 is 4.90 Å². The van der Waals surface area contributed by atoms with Crippen molar-refractivity contribution in [1.82, 2.24) is 0 Å². The van der Waals surface area contributed by atoms with Gasteiger partial charge >= 0.3 is 0 Å². The number of nitrogens with zero attached hydrogens (tertiary/aromatic N) is 3. The summed E-state index contributed by atoms with van der Waals surface area (Å²) in [5.41, 5.74) is 2.88. The first-order valence-electron chi connectivity index (χ1n) is 9.73. The molecule has 0 bridgehead atoms. The summed E-state index contributed by atoms with van der Waals surface area (Å²) in [7, 11) is 4.06. The zero-order valence-electron chi connectivity index (χ0n) is 16.5. The molecule has 29 heavy (non-hydrogen) atoms. The highest BCUT2D eigenvalue weighted by Crippen LogP contribution is 2.37. The quantitative estimate of drug-likeness (QED) is 0.235. The Labute approximate surface area is 169 Å². The highest BCUT2D eigenvalue weighted by molar-refractivity contribution is 6.20. The third-order valence-electron chi connectivity index (χ3n) is 5.38. The van der Waals surface area contributed by atoms with Gasteiger partial charge in [-0.1, -0.05) is 60.7 Å². The van der Waals surface area contributed by atoms with Gasteiger partial charge < -0.3 is 4.90 Å². The number of hydrogen-bond donors (Lipinski definition) is 0. The first kappa shape index (κ1) is 17.4. The zero-order valence-corrected chi connectivity index (χ0v) is 16.5. The van der Waals surface area contributed by atoms with Gasteiger partial charge in [0.2, 0.25) is 0 Å². The molecule has 0 radical (unpaired) electrons. The molecule has 0 amide bonds. The molecule has 0 saturated heterocycles. The number of azo groups is 1. The van der Waals surface area contributed by atoms with Gasteiger partial charge in [-0.05, 0) is 57.3 Å². The van der Waals surface area contributed by atoms with E-state index >= 15 is 0 Å². The fraction of sp³-hybridized carbons (Fsp3) is 0.0769. The minimum atomic E-state index is 0.845. The van der Waals surface area contributed by atoms with Crippen molar-refractivity contribution in [2.24, 2.45) is 10.2 Å². The van der Waals surface area contributed by atoms with E-state index in [1.54, 1.807) is 0 Å². The van der Waals surface area contributed by atoms with Crippen LogP contribution in [0.15, 0.2) is 101 Å². The van der Waals surface area contributed by atoms with Gasteiger partial charge in [0.15, 0.2) is 0 Å². The van der Waals surface area contributed by atoms with Crippen molar-refractivity contribution in [2.75, 3.05) is 19.0 Å². The molecule has 0 spiro atoms. The molecule has 0 N–H and O–H groups in total. The lowest BCUT2D eigenvalue weighted by Crippen LogP contribution is -2.07. The predicted octanol–water partition coefficient (Wildman–Crippen LogP) is 7.63. The van der Waals surface area contributed by atoms with Crippen molar-refractivity contribution < 1.29 is 0 Å². The molecule has 3 heteroatoms. The average molecular weight is 375 g/mol. The van der Waals surface area contributed by atoms with E-state index < -0.39 is 0 Å². The van der Waals surface area contributed by atoms with Crippen LogP contribution >= 0.6 is 0 Å². The van der Waals surface area contributed by atoms with Gasteiger partial charge in [-0.3, -0.25) is 0 Å². The summed E-state index contributed by atoms with van der Waals surface area (Å²) >= 11 is 0. The van der Waals surface area contributed by atoms with E-state index in [0.717, 1.165) is 22.4 Å². The first-order chi connectivity index (χ1) is 14.2. The van der Waals surface area contributed by atoms with Crippen LogP contribution in [0.25, 0.3) is 32.3 Å². The van der Waals surface area contributed by atoms with Crippen LogP contribution in [-0.2, 0) is 0 Å². The van der Waals surface area contributed by atoms with E-state index in [2.05, 4.69) is 94.0 Å². The lowest BCUT2D eigenvalue weighted by atomic mass is 9.96. The van der Waals surface area contributed by atoms with Gasteiger partial charge in [-0.25, -0.2) is 0 Å². The van der Waals surface area contributed by atoms with E-state index in [-0.39, 0.29) is 0 Å². The Morgan fingerprint density at radius 3 is 1.97 bits per heavy atom. The monoisotopic (exact) mass is 375 g/mol. The molecular weight excluding hydrogens is 354 g/mol. The number of anilines is 1. The Kier molecular flexibility index (Phi) is 4.21. The molecule has 0 aliphatic rings. The average Bonchev–Trinajstić information content (AvgIpc) is 2.77. The second-order valence-electron chi connectivity index (χ2n) is 7.43. The van der Waals surface area contributed by atoms with Gasteiger partial charge in [0.05, 0.1) is 11.4 Å². The van der Waals surface area contributed by atoms with Crippen LogP contribution in [0.3, 0.4) is 0 Å². The summed E-state index contributed by atoms with van der Waals surface area (Å²) in [5, 5.41) is 16.4. The van der Waals surface area contributed by atoms with Gasteiger partial charge in [-0.2, -0.15) is 5.11 Å². The smallest absolute Gasteiger partial charge is 0.0941 e. The molecule has 0 fully saturated rings. The first-order valence-corrected chi connectivity index (χ1v) is 9.73. The summed E-state index contributed by atoms with van der Waals surface area (Å²) in [5.74, 6) is 0. The summed E-state index contributed by atoms with van der Waals surface area (Å²) < 4.78 is 0. The molecule has 5 rings (SSSR count). The molecule has 0 aliphatic heterocycles. The van der Waals surface area contributed by atoms with Crippen molar-refractivity contribution in [3.8, 4) is 0 Å². The molecule has 140 valence electrons. The van der Waals surface area contributed by atoms with Crippen LogP contribution in [0.5, 0.6) is 0 Å². The number of hydrogen-bond acceptors (Lipinski definition) is 3. The molecule has 0 unspecified atom stereocenters. The molecule has 0 aromatic heterocycles. The molecule has 3 nitrogen and oxygen atoms in total. The topological polar surface area (TPSA) is 28.0 Å². The third kappa shape index (κ3) is 3.11. The molecule has 0 saturated carbocycles. The lowest BCUT2D eigenvalue weighted by Gasteiger charge is -2.11. The maximum Gasteiger partial charge on any atom is 0.0941 e. The molecule has 0 aliphatic carbocycles. The van der Waals surface area contributed by atoms with E-state index in [4.69, 9.17) is 0 Å². The van der Waals surface area contributed by atoms with Crippen molar-refractivity contribution in [2.45, 2.75) is 0 Å². The Hall–Kier alpha value is -3.72. The molecule has 5 aromatic carbocycles. The zero-order chi connectivity index (χ0) is 19.8. The lowest BCUT2D eigenvalue weighted by molar-refractivity contribution is 1.13. The standard InChI is InChI=1S/C26H21N3/c1-29(2)20-14-12-19(13-15-20)27-28-26-17-25-21-8-4-3-7-18(21)11-16-23(25)22-9-5-6-10-24(22)26/h3-17H,1-2H3. The van der Waals surface area contributed by atoms with Crippen LogP contribution in [-0.4, -0.2) is 14.1 Å². The van der Waals surface area contributed by atoms with Crippen LogP contribution in [0.1, 0.15) is 0 Å². The second kappa shape index (κ2) is 7.02. The Morgan fingerprint density at radius 1 is 0.552 bits per heavy atom. The fourth-order valence-electron chi connectivity index (χ4n) is 3.85. The fourth-order valence-corrected chi connectivity index (χ4v) is 3.85. The number of fused-ring (bicyclic) bond motifs is 5. The van der Waals surface area contributed by atoms with Crippen molar-refractivity contribution in [3.63, 3.8) is 0 Å². The van der Waals surface area contributed by atoms with Gasteiger partial charge in [0.1, 0.15) is 0 Å². The van der Waals surface area contributed by atoms with Crippen molar-refractivity contribution >= 4 is 49.4 Å². The second-order valence-corrected chi connectivity index (χ2v) is 7.43. The van der Waals surface area contributed by atoms with Crippen LogP contribution in [0.4, 0.5) is 17.1 Å². The Bertz CT molecular complexity index is 1370. The molecular formula is C26H21N3. The number of benzene rings is 5. The molecule has 0 heterocycles. The van der Waals surface area contributed by atoms with Crippen LogP contribution in [0, 0.1) is 0 Å². The van der Waals surface area contributed by atoms with E-state index in [0.29, 0.717) is 0 Å². The van der Waals surface area contributed by atoms with E-state index in [1.807, 2.05) is 26.2 Å². The van der Waals surface area contributed by atoms with Crippen LogP contribution in [0.2, 0.25) is 0 Å². The normalized spacial score (nSPS) is 11.7. The maximum absolute atomic E-state index is 4.65. The molecule has 0 atom stereocenters. The summed E-state index contributed by atoms with van der Waals surface area (Å²) in [6, 6.07) is 31.6. The maximum atomic E-state index is 4.65. The number of rotatable bonds is 3. The summed E-state index contributed by atoms with van der Waals surface area (Å²) in [6.07, 6.45) is 0. The van der Waals surface area contributed by atoms with Crippen molar-refractivity contribution in [3.05, 3.63) is 91.0 Å². The molecule has 5 aromatic rings. The summed E-state index contributed by atoms with van der Waals surface area (Å²) in [4.78, 5) is 2.07. The largest absolute Gasteiger partial charge is 0.378 e. The minimum Gasteiger partial charge on any atom is -0.378 e. The third-order valence-corrected chi connectivity index (χ3v) is 5.38. The van der Waals surface area contributed by atoms with Gasteiger partial charge in [0, 0.05) is 25.2 Å². The minimum absolute atomic E-state index is 0.845. The van der Waals surface area contributed by atoms with E-state index in [1.165, 1.54) is 26.9 Å². The van der Waals surface area contributed by atoms with E-state index in [9.17, 15) is 0 Å². The van der Waals surface area contributed by atoms with Gasteiger partial charge in [0.25, 0.3) is 0 Å². The Morgan fingerprint density at radius 2 is 1.21 bits per heavy atom. The summed E-state index contributed by atoms with van der Waals surface area (Å²) in [6.45, 7) is 0. The highest BCUT2D eigenvalue weighted by Gasteiger charge is 2.09. The van der Waals surface area contributed by atoms with Crippen molar-refractivity contribution in [1.29, 1.82) is 0 Å². The highest BCUT2D eigenvalue weighted by atomic mass is 15.1.